The first-order valence-electron chi connectivity index (χ1n) is 6.20. The van der Waals surface area contributed by atoms with Crippen molar-refractivity contribution >= 4 is 11.4 Å². The highest BCUT2D eigenvalue weighted by atomic mass is 16.6. The minimum Gasteiger partial charge on any atom is -0.396 e. The number of hydrogen-bond acceptors (Lipinski definition) is 5. The van der Waals surface area contributed by atoms with E-state index in [1.807, 2.05) is 19.9 Å². The lowest BCUT2D eigenvalue weighted by Gasteiger charge is -2.25. The monoisotopic (exact) mass is 267 g/mol. The van der Waals surface area contributed by atoms with Gasteiger partial charge in [-0.25, -0.2) is 0 Å². The zero-order valence-corrected chi connectivity index (χ0v) is 11.6. The molecule has 0 aliphatic carbocycles. The molecule has 0 heterocycles. The van der Waals surface area contributed by atoms with Crippen molar-refractivity contribution < 1.29 is 10.0 Å². The van der Waals surface area contributed by atoms with Gasteiger partial charge in [0.05, 0.1) is 4.92 Å². The summed E-state index contributed by atoms with van der Waals surface area (Å²) >= 11 is 0. The van der Waals surface area contributed by atoms with E-state index in [9.17, 15) is 10.1 Å². The van der Waals surface area contributed by atoms with Crippen LogP contribution in [-0.2, 0) is 6.54 Å². The summed E-state index contributed by atoms with van der Waals surface area (Å²) in [5.41, 5.74) is 1.22. The number of hydrogen-bond donors (Lipinski definition) is 3. The van der Waals surface area contributed by atoms with Crippen LogP contribution in [0.15, 0.2) is 18.2 Å². The van der Waals surface area contributed by atoms with Crippen LogP contribution in [0, 0.1) is 10.1 Å². The van der Waals surface area contributed by atoms with Gasteiger partial charge in [-0.05, 0) is 31.9 Å². The van der Waals surface area contributed by atoms with E-state index in [-0.39, 0.29) is 17.8 Å². The molecule has 0 bridgehead atoms. The summed E-state index contributed by atoms with van der Waals surface area (Å²) in [6, 6.07) is 5.11. The molecule has 0 aliphatic heterocycles. The van der Waals surface area contributed by atoms with Gasteiger partial charge in [0.2, 0.25) is 0 Å². The van der Waals surface area contributed by atoms with Crippen LogP contribution < -0.4 is 10.6 Å². The number of nitrogens with one attached hydrogen (secondary N) is 2. The van der Waals surface area contributed by atoms with E-state index < -0.39 is 4.92 Å². The lowest BCUT2D eigenvalue weighted by atomic mass is 10.0. The van der Waals surface area contributed by atoms with Crippen molar-refractivity contribution in [3.63, 3.8) is 0 Å². The molecule has 19 heavy (non-hydrogen) atoms. The van der Waals surface area contributed by atoms with E-state index in [1.165, 1.54) is 0 Å². The number of nitro benzene ring substituents is 1. The van der Waals surface area contributed by atoms with E-state index in [4.69, 9.17) is 5.11 Å². The number of nitro groups is 1. The predicted molar refractivity (Wildman–Crippen MR) is 75.3 cm³/mol. The topological polar surface area (TPSA) is 87.4 Å². The van der Waals surface area contributed by atoms with Crippen LogP contribution in [0.25, 0.3) is 0 Å². The summed E-state index contributed by atoms with van der Waals surface area (Å²) in [5.74, 6) is 0. The maximum Gasteiger partial charge on any atom is 0.292 e. The Labute approximate surface area is 113 Å². The summed E-state index contributed by atoms with van der Waals surface area (Å²) in [4.78, 5) is 10.6. The van der Waals surface area contributed by atoms with Crippen LogP contribution >= 0.6 is 0 Å². The molecule has 0 unspecified atom stereocenters. The average Bonchev–Trinajstić information content (AvgIpc) is 2.36. The van der Waals surface area contributed by atoms with Crippen molar-refractivity contribution in [1.29, 1.82) is 0 Å². The molecule has 0 atom stereocenters. The first-order chi connectivity index (χ1) is 8.89. The third-order valence-corrected chi connectivity index (χ3v) is 3.04. The Morgan fingerprint density at radius 1 is 1.42 bits per heavy atom. The Morgan fingerprint density at radius 2 is 2.11 bits per heavy atom. The Kier molecular flexibility index (Phi) is 5.26. The fraction of sp³-hybridized carbons (Fsp3) is 0.538. The van der Waals surface area contributed by atoms with Gasteiger partial charge in [0.25, 0.3) is 5.69 Å². The summed E-state index contributed by atoms with van der Waals surface area (Å²) in [5, 5.41) is 26.0. The zero-order chi connectivity index (χ0) is 14.5. The second kappa shape index (κ2) is 6.49. The van der Waals surface area contributed by atoms with E-state index in [2.05, 4.69) is 10.6 Å². The summed E-state index contributed by atoms with van der Waals surface area (Å²) in [7, 11) is 1.66. The third kappa shape index (κ3) is 4.50. The van der Waals surface area contributed by atoms with Crippen molar-refractivity contribution in [2.45, 2.75) is 32.4 Å². The molecule has 3 N–H and O–H groups in total. The van der Waals surface area contributed by atoms with Crippen LogP contribution in [0.2, 0.25) is 0 Å². The van der Waals surface area contributed by atoms with Gasteiger partial charge in [-0.2, -0.15) is 0 Å². The van der Waals surface area contributed by atoms with Crippen LogP contribution in [0.5, 0.6) is 0 Å². The summed E-state index contributed by atoms with van der Waals surface area (Å²) in [6.45, 7) is 4.61. The molecule has 1 aromatic rings. The number of nitrogens with zero attached hydrogens (tertiary/aromatic N) is 1. The Morgan fingerprint density at radius 3 is 2.63 bits per heavy atom. The quantitative estimate of drug-likeness (QED) is 0.518. The average molecular weight is 267 g/mol. The highest BCUT2D eigenvalue weighted by Gasteiger charge is 2.17. The van der Waals surface area contributed by atoms with Gasteiger partial charge >= 0.3 is 0 Å². The van der Waals surface area contributed by atoms with E-state index in [0.717, 1.165) is 5.56 Å². The minimum absolute atomic E-state index is 0.0711. The maximum absolute atomic E-state index is 10.9. The zero-order valence-electron chi connectivity index (χ0n) is 11.6. The summed E-state index contributed by atoms with van der Waals surface area (Å²) in [6.07, 6.45) is 0.629. The van der Waals surface area contributed by atoms with Crippen molar-refractivity contribution in [2.75, 3.05) is 19.0 Å². The minimum atomic E-state index is -0.395. The lowest BCUT2D eigenvalue weighted by molar-refractivity contribution is -0.384. The fourth-order valence-corrected chi connectivity index (χ4v) is 1.76. The number of anilines is 1. The highest BCUT2D eigenvalue weighted by molar-refractivity contribution is 5.62. The molecule has 0 aliphatic rings. The van der Waals surface area contributed by atoms with Gasteiger partial charge in [-0.3, -0.25) is 10.1 Å². The maximum atomic E-state index is 10.9. The standard InChI is InChI=1S/C13H21N3O3/c1-13(2,6-7-17)15-9-10-4-5-11(14-3)12(8-10)16(18)19/h4-5,8,14-15,17H,6-7,9H2,1-3H3. The second-order valence-electron chi connectivity index (χ2n) is 5.07. The van der Waals surface area contributed by atoms with E-state index in [1.54, 1.807) is 19.2 Å². The van der Waals surface area contributed by atoms with Crippen LogP contribution in [0.1, 0.15) is 25.8 Å². The molecule has 6 nitrogen and oxygen atoms in total. The normalized spacial score (nSPS) is 11.4. The smallest absolute Gasteiger partial charge is 0.292 e. The van der Waals surface area contributed by atoms with Crippen LogP contribution in [0.3, 0.4) is 0 Å². The van der Waals surface area contributed by atoms with Crippen molar-refractivity contribution in [3.05, 3.63) is 33.9 Å². The molecule has 0 radical (unpaired) electrons. The van der Waals surface area contributed by atoms with Gasteiger partial charge < -0.3 is 15.7 Å². The Balaban J connectivity index is 2.80. The predicted octanol–water partition coefficient (Wildman–Crippen LogP) is 1.89. The van der Waals surface area contributed by atoms with Gasteiger partial charge in [0.15, 0.2) is 0 Å². The third-order valence-electron chi connectivity index (χ3n) is 3.04. The highest BCUT2D eigenvalue weighted by Crippen LogP contribution is 2.25. The lowest BCUT2D eigenvalue weighted by Crippen LogP contribution is -2.39. The van der Waals surface area contributed by atoms with Crippen molar-refractivity contribution in [1.82, 2.24) is 5.32 Å². The van der Waals surface area contributed by atoms with Crippen LogP contribution in [0.4, 0.5) is 11.4 Å². The number of aliphatic hydroxyl groups is 1. The molecule has 1 rings (SSSR count). The van der Waals surface area contributed by atoms with Gasteiger partial charge in [0, 0.05) is 31.8 Å². The second-order valence-corrected chi connectivity index (χ2v) is 5.07. The van der Waals surface area contributed by atoms with Gasteiger partial charge in [-0.1, -0.05) is 6.07 Å². The Bertz CT molecular complexity index is 447. The SMILES string of the molecule is CNc1ccc(CNC(C)(C)CCO)cc1[N+](=O)[O-]. The molecular formula is C13H21N3O3. The molecule has 6 heteroatoms. The van der Waals surface area contributed by atoms with Gasteiger partial charge in [0.1, 0.15) is 5.69 Å². The van der Waals surface area contributed by atoms with Crippen molar-refractivity contribution in [2.24, 2.45) is 0 Å². The number of rotatable bonds is 7. The number of benzene rings is 1. The molecule has 0 saturated carbocycles. The van der Waals surface area contributed by atoms with Crippen LogP contribution in [-0.4, -0.2) is 29.2 Å². The first-order valence-corrected chi connectivity index (χ1v) is 6.20. The largest absolute Gasteiger partial charge is 0.396 e. The molecular weight excluding hydrogens is 246 g/mol. The molecule has 0 saturated heterocycles. The molecule has 0 aromatic heterocycles. The first kappa shape index (κ1) is 15.4. The van der Waals surface area contributed by atoms with E-state index in [0.29, 0.717) is 18.7 Å². The molecule has 106 valence electrons. The molecule has 1 aromatic carbocycles. The fourth-order valence-electron chi connectivity index (χ4n) is 1.76. The number of aliphatic hydroxyl groups excluding tert-OH is 1. The van der Waals surface area contributed by atoms with E-state index >= 15 is 0 Å². The van der Waals surface area contributed by atoms with Crippen molar-refractivity contribution in [3.8, 4) is 0 Å². The van der Waals surface area contributed by atoms with Gasteiger partial charge in [-0.15, -0.1) is 0 Å². The summed E-state index contributed by atoms with van der Waals surface area (Å²) < 4.78 is 0. The molecule has 0 fully saturated rings. The molecule has 0 spiro atoms. The Hall–Kier alpha value is -1.66. The molecule has 0 amide bonds.